The van der Waals surface area contributed by atoms with Gasteiger partial charge in [-0.15, -0.1) is 11.3 Å². The third-order valence-electron chi connectivity index (χ3n) is 5.03. The molecule has 172 valence electrons. The Morgan fingerprint density at radius 1 is 1.36 bits per heavy atom. The third kappa shape index (κ3) is 4.51. The van der Waals surface area contributed by atoms with Crippen LogP contribution in [0.2, 0.25) is 0 Å². The molecule has 4 heterocycles. The second-order valence-corrected chi connectivity index (χ2v) is 8.27. The van der Waals surface area contributed by atoms with Crippen molar-refractivity contribution in [2.24, 2.45) is 7.05 Å². The lowest BCUT2D eigenvalue weighted by molar-refractivity contribution is 0.0979. The van der Waals surface area contributed by atoms with E-state index in [1.54, 1.807) is 41.6 Å². The summed E-state index contributed by atoms with van der Waals surface area (Å²) in [6.45, 7) is 2.23. The SMILES string of the molecule is CCCCn1c(N)c(N(Cc2ccco2)C(=O)c2csc(-c3cnn(C)c3)n2)c(=O)[nH]c1=O. The fraction of sp³-hybridized carbons (Fsp3) is 0.286. The van der Waals surface area contributed by atoms with Crippen LogP contribution in [0.5, 0.6) is 0 Å². The van der Waals surface area contributed by atoms with Crippen LogP contribution in [-0.2, 0) is 20.1 Å². The van der Waals surface area contributed by atoms with Crippen LogP contribution in [0, 0.1) is 0 Å². The lowest BCUT2D eigenvalue weighted by atomic mass is 10.2. The van der Waals surface area contributed by atoms with Crippen molar-refractivity contribution < 1.29 is 9.21 Å². The minimum Gasteiger partial charge on any atom is -0.467 e. The van der Waals surface area contributed by atoms with Gasteiger partial charge in [0.25, 0.3) is 11.5 Å². The molecule has 33 heavy (non-hydrogen) atoms. The zero-order chi connectivity index (χ0) is 23.5. The summed E-state index contributed by atoms with van der Waals surface area (Å²) in [6.07, 6.45) is 6.42. The highest BCUT2D eigenvalue weighted by molar-refractivity contribution is 7.13. The fourth-order valence-corrected chi connectivity index (χ4v) is 4.13. The number of furan rings is 1. The molecular weight excluding hydrogens is 446 g/mol. The number of carbonyl (C=O) groups excluding carboxylic acids is 1. The average molecular weight is 470 g/mol. The summed E-state index contributed by atoms with van der Waals surface area (Å²) in [6, 6.07) is 3.36. The van der Waals surface area contributed by atoms with E-state index in [-0.39, 0.29) is 23.7 Å². The van der Waals surface area contributed by atoms with Crippen LogP contribution in [-0.4, -0.2) is 30.2 Å². The number of hydrogen-bond acceptors (Lipinski definition) is 8. The van der Waals surface area contributed by atoms with Crippen molar-refractivity contribution in [3.8, 4) is 10.6 Å². The highest BCUT2D eigenvalue weighted by atomic mass is 32.1. The summed E-state index contributed by atoms with van der Waals surface area (Å²) >= 11 is 1.28. The number of thiazole rings is 1. The fourth-order valence-electron chi connectivity index (χ4n) is 3.36. The number of nitrogens with one attached hydrogen (secondary N) is 1. The molecule has 4 aromatic rings. The van der Waals surface area contributed by atoms with Gasteiger partial charge in [0.1, 0.15) is 22.3 Å². The molecular formula is C21H23N7O4S. The molecule has 0 saturated carbocycles. The van der Waals surface area contributed by atoms with Crippen molar-refractivity contribution in [1.29, 1.82) is 0 Å². The Kier molecular flexibility index (Phi) is 6.27. The number of aromatic amines is 1. The lowest BCUT2D eigenvalue weighted by Gasteiger charge is -2.23. The van der Waals surface area contributed by atoms with Gasteiger partial charge < -0.3 is 10.2 Å². The number of anilines is 2. The summed E-state index contributed by atoms with van der Waals surface area (Å²) in [4.78, 5) is 46.6. The molecule has 0 radical (unpaired) electrons. The Hall–Kier alpha value is -3.93. The Labute approximate surface area is 192 Å². The summed E-state index contributed by atoms with van der Waals surface area (Å²) in [5.41, 5.74) is 5.67. The first-order chi connectivity index (χ1) is 15.9. The monoisotopic (exact) mass is 469 g/mol. The number of H-pyrrole nitrogens is 1. The molecule has 0 saturated heterocycles. The maximum Gasteiger partial charge on any atom is 0.330 e. The van der Waals surface area contributed by atoms with Crippen LogP contribution in [0.3, 0.4) is 0 Å². The predicted molar refractivity (Wildman–Crippen MR) is 124 cm³/mol. The molecule has 0 fully saturated rings. The Morgan fingerprint density at radius 3 is 2.85 bits per heavy atom. The van der Waals surface area contributed by atoms with Gasteiger partial charge in [0.15, 0.2) is 5.69 Å². The van der Waals surface area contributed by atoms with Crippen LogP contribution >= 0.6 is 11.3 Å². The number of nitrogen functional groups attached to an aromatic ring is 1. The first-order valence-corrected chi connectivity index (χ1v) is 11.2. The zero-order valence-electron chi connectivity index (χ0n) is 18.1. The van der Waals surface area contributed by atoms with E-state index in [0.717, 1.165) is 12.0 Å². The van der Waals surface area contributed by atoms with Gasteiger partial charge in [-0.25, -0.2) is 9.78 Å². The second kappa shape index (κ2) is 9.28. The van der Waals surface area contributed by atoms with Gasteiger partial charge in [-0.05, 0) is 18.6 Å². The molecule has 11 nitrogen and oxygen atoms in total. The molecule has 4 rings (SSSR count). The number of carbonyl (C=O) groups is 1. The van der Waals surface area contributed by atoms with Crippen molar-refractivity contribution in [3.05, 3.63) is 68.5 Å². The summed E-state index contributed by atoms with van der Waals surface area (Å²) < 4.78 is 8.31. The highest BCUT2D eigenvalue weighted by Crippen LogP contribution is 2.26. The summed E-state index contributed by atoms with van der Waals surface area (Å²) in [5, 5.41) is 6.35. The first kappa shape index (κ1) is 22.3. The predicted octanol–water partition coefficient (Wildman–Crippen LogP) is 2.22. The van der Waals surface area contributed by atoms with Crippen LogP contribution in [0.15, 0.2) is 50.2 Å². The minimum absolute atomic E-state index is 0.0646. The number of unbranched alkanes of at least 4 members (excludes halogenated alkanes) is 1. The largest absolute Gasteiger partial charge is 0.467 e. The number of amides is 1. The molecule has 0 atom stereocenters. The van der Waals surface area contributed by atoms with Crippen LogP contribution < -0.4 is 21.9 Å². The summed E-state index contributed by atoms with van der Waals surface area (Å²) in [7, 11) is 1.79. The third-order valence-corrected chi connectivity index (χ3v) is 5.92. The van der Waals surface area contributed by atoms with Gasteiger partial charge in [0.2, 0.25) is 0 Å². The van der Waals surface area contributed by atoms with E-state index in [9.17, 15) is 14.4 Å². The maximum atomic E-state index is 13.5. The van der Waals surface area contributed by atoms with Gasteiger partial charge in [-0.3, -0.25) is 28.7 Å². The van der Waals surface area contributed by atoms with E-state index in [0.29, 0.717) is 23.7 Å². The van der Waals surface area contributed by atoms with Crippen LogP contribution in [0.4, 0.5) is 11.5 Å². The molecule has 0 aromatic carbocycles. The van der Waals surface area contributed by atoms with E-state index in [1.807, 2.05) is 6.92 Å². The van der Waals surface area contributed by atoms with Crippen LogP contribution in [0.25, 0.3) is 10.6 Å². The maximum absolute atomic E-state index is 13.5. The zero-order valence-corrected chi connectivity index (χ0v) is 19.0. The van der Waals surface area contributed by atoms with E-state index >= 15 is 0 Å². The van der Waals surface area contributed by atoms with E-state index < -0.39 is 17.2 Å². The standard InChI is InChI=1S/C21H23N7O4S/c1-3-4-7-27-17(22)16(18(29)25-21(27)31)28(11-14-6-5-8-32-14)20(30)15-12-33-19(24-15)13-9-23-26(2)10-13/h5-6,8-10,12H,3-4,7,11,22H2,1-2H3,(H,25,29,31). The highest BCUT2D eigenvalue weighted by Gasteiger charge is 2.28. The molecule has 0 aliphatic carbocycles. The minimum atomic E-state index is -0.757. The normalized spacial score (nSPS) is 11.1. The average Bonchev–Trinajstić information content (AvgIpc) is 3.54. The quantitative estimate of drug-likeness (QED) is 0.402. The second-order valence-electron chi connectivity index (χ2n) is 7.41. The number of nitrogens with zero attached hydrogens (tertiary/aromatic N) is 5. The molecule has 0 aliphatic rings. The number of aromatic nitrogens is 5. The van der Waals surface area contributed by atoms with Crippen molar-refractivity contribution in [3.63, 3.8) is 0 Å². The molecule has 0 aliphatic heterocycles. The van der Waals surface area contributed by atoms with Crippen molar-refractivity contribution >= 4 is 28.7 Å². The van der Waals surface area contributed by atoms with Gasteiger partial charge in [-0.2, -0.15) is 5.10 Å². The molecule has 12 heteroatoms. The topological polar surface area (TPSA) is 145 Å². The van der Waals surface area contributed by atoms with E-state index in [4.69, 9.17) is 10.2 Å². The number of hydrogen-bond donors (Lipinski definition) is 2. The van der Waals surface area contributed by atoms with Crippen molar-refractivity contribution in [1.82, 2.24) is 24.3 Å². The smallest absolute Gasteiger partial charge is 0.330 e. The lowest BCUT2D eigenvalue weighted by Crippen LogP contribution is -2.41. The summed E-state index contributed by atoms with van der Waals surface area (Å²) in [5.74, 6) is -0.188. The Morgan fingerprint density at radius 2 is 2.18 bits per heavy atom. The number of nitrogens with two attached hydrogens (primary N) is 1. The van der Waals surface area contributed by atoms with E-state index in [1.165, 1.54) is 27.1 Å². The van der Waals surface area contributed by atoms with Crippen molar-refractivity contribution in [2.45, 2.75) is 32.9 Å². The number of aryl methyl sites for hydroxylation is 1. The van der Waals surface area contributed by atoms with Crippen LogP contribution in [0.1, 0.15) is 36.0 Å². The van der Waals surface area contributed by atoms with Gasteiger partial charge in [0.05, 0.1) is 19.0 Å². The van der Waals surface area contributed by atoms with Gasteiger partial charge in [0, 0.05) is 30.7 Å². The van der Waals surface area contributed by atoms with Gasteiger partial charge >= 0.3 is 5.69 Å². The number of rotatable bonds is 8. The molecule has 0 unspecified atom stereocenters. The molecule has 0 spiro atoms. The molecule has 1 amide bonds. The van der Waals surface area contributed by atoms with Crippen molar-refractivity contribution in [2.75, 3.05) is 10.6 Å². The van der Waals surface area contributed by atoms with Gasteiger partial charge in [-0.1, -0.05) is 13.3 Å². The Balaban J connectivity index is 1.78. The van der Waals surface area contributed by atoms with E-state index in [2.05, 4.69) is 15.1 Å². The Bertz CT molecular complexity index is 1380. The molecule has 3 N–H and O–H groups in total. The molecule has 4 aromatic heterocycles. The first-order valence-electron chi connectivity index (χ1n) is 10.3. The molecule has 0 bridgehead atoms.